The molecule has 3 rings (SSSR count). The van der Waals surface area contributed by atoms with E-state index in [0.717, 1.165) is 25.9 Å². The van der Waals surface area contributed by atoms with E-state index >= 15 is 0 Å². The molecule has 1 fully saturated rings. The molecule has 0 radical (unpaired) electrons. The van der Waals surface area contributed by atoms with Crippen molar-refractivity contribution in [3.63, 3.8) is 0 Å². The van der Waals surface area contributed by atoms with Gasteiger partial charge in [-0.2, -0.15) is 0 Å². The molecule has 4 nitrogen and oxygen atoms in total. The van der Waals surface area contributed by atoms with Crippen molar-refractivity contribution in [2.75, 3.05) is 13.1 Å². The quantitative estimate of drug-likeness (QED) is 0.943. The Morgan fingerprint density at radius 1 is 1.45 bits per heavy atom. The van der Waals surface area contributed by atoms with Crippen LogP contribution in [-0.4, -0.2) is 28.0 Å². The Labute approximate surface area is 134 Å². The predicted octanol–water partition coefficient (Wildman–Crippen LogP) is 3.07. The number of likely N-dealkylation sites (tertiary alicyclic amines) is 1. The van der Waals surface area contributed by atoms with Gasteiger partial charge in [0, 0.05) is 23.8 Å². The highest BCUT2D eigenvalue weighted by Crippen LogP contribution is 2.23. The fourth-order valence-corrected chi connectivity index (χ4v) is 3.62. The number of aryl methyl sites for hydroxylation is 1. The highest BCUT2D eigenvalue weighted by molar-refractivity contribution is 7.11. The summed E-state index contributed by atoms with van der Waals surface area (Å²) in [5, 5.41) is 2.14. The van der Waals surface area contributed by atoms with E-state index in [1.165, 1.54) is 10.4 Å². The number of aromatic amines is 1. The van der Waals surface area contributed by atoms with Crippen LogP contribution in [0.15, 0.2) is 34.7 Å². The van der Waals surface area contributed by atoms with E-state index in [4.69, 9.17) is 0 Å². The van der Waals surface area contributed by atoms with Crippen molar-refractivity contribution in [2.45, 2.75) is 26.3 Å². The number of hydrogen-bond donors (Lipinski definition) is 1. The summed E-state index contributed by atoms with van der Waals surface area (Å²) in [6, 6.07) is 2.16. The van der Waals surface area contributed by atoms with Crippen LogP contribution in [-0.2, 0) is 6.54 Å². The first-order valence-corrected chi connectivity index (χ1v) is 8.57. The molecule has 1 aliphatic rings. The van der Waals surface area contributed by atoms with Gasteiger partial charge in [-0.15, -0.1) is 11.3 Å². The molecule has 0 aromatic carbocycles. The van der Waals surface area contributed by atoms with Crippen LogP contribution in [0, 0.1) is 12.8 Å². The number of thiophene rings is 1. The molecule has 1 N–H and O–H groups in total. The Morgan fingerprint density at radius 2 is 2.27 bits per heavy atom. The molecule has 116 valence electrons. The Balaban J connectivity index is 1.52. The Bertz CT molecular complexity index is 696. The minimum absolute atomic E-state index is 0.0716. The van der Waals surface area contributed by atoms with Gasteiger partial charge in [0.25, 0.3) is 5.56 Å². The van der Waals surface area contributed by atoms with Gasteiger partial charge >= 0.3 is 0 Å². The van der Waals surface area contributed by atoms with Gasteiger partial charge in [-0.1, -0.05) is 6.08 Å². The van der Waals surface area contributed by atoms with Crippen LogP contribution < -0.4 is 5.56 Å². The zero-order chi connectivity index (χ0) is 15.4. The predicted molar refractivity (Wildman–Crippen MR) is 90.9 cm³/mol. The summed E-state index contributed by atoms with van der Waals surface area (Å²) in [7, 11) is 0. The molecule has 0 unspecified atom stereocenters. The fourth-order valence-electron chi connectivity index (χ4n) is 2.79. The molecular formula is C17H21N3OS. The zero-order valence-electron chi connectivity index (χ0n) is 12.8. The summed E-state index contributed by atoms with van der Waals surface area (Å²) < 4.78 is 0. The van der Waals surface area contributed by atoms with Crippen LogP contribution in [0.2, 0.25) is 0 Å². The molecule has 0 spiro atoms. The minimum atomic E-state index is -0.0716. The van der Waals surface area contributed by atoms with Crippen molar-refractivity contribution in [2.24, 2.45) is 5.92 Å². The number of nitrogens with one attached hydrogen (secondary N) is 1. The number of rotatable bonds is 4. The highest BCUT2D eigenvalue weighted by Gasteiger charge is 2.18. The Morgan fingerprint density at radius 3 is 2.95 bits per heavy atom. The van der Waals surface area contributed by atoms with Crippen molar-refractivity contribution >= 4 is 17.4 Å². The Kier molecular flexibility index (Phi) is 4.85. The number of aromatic nitrogens is 2. The van der Waals surface area contributed by atoms with Gasteiger partial charge < -0.3 is 4.98 Å². The Hall–Kier alpha value is -1.72. The second kappa shape index (κ2) is 7.03. The summed E-state index contributed by atoms with van der Waals surface area (Å²) >= 11 is 1.80. The molecule has 1 saturated heterocycles. The van der Waals surface area contributed by atoms with Gasteiger partial charge in [-0.25, -0.2) is 0 Å². The van der Waals surface area contributed by atoms with Crippen molar-refractivity contribution in [1.29, 1.82) is 0 Å². The average molecular weight is 315 g/mol. The maximum absolute atomic E-state index is 11.7. The molecule has 2 aromatic heterocycles. The lowest BCUT2D eigenvalue weighted by Gasteiger charge is -2.30. The number of H-pyrrole nitrogens is 1. The van der Waals surface area contributed by atoms with Gasteiger partial charge in [-0.3, -0.25) is 14.7 Å². The largest absolute Gasteiger partial charge is 0.326 e. The minimum Gasteiger partial charge on any atom is -0.326 e. The fraction of sp³-hybridized carbons (Fsp3) is 0.412. The highest BCUT2D eigenvalue weighted by atomic mass is 32.1. The maximum atomic E-state index is 11.7. The first-order chi connectivity index (χ1) is 10.7. The first kappa shape index (κ1) is 15.2. The maximum Gasteiger partial charge on any atom is 0.270 e. The normalized spacial score (nSPS) is 17.3. The van der Waals surface area contributed by atoms with E-state index in [9.17, 15) is 4.79 Å². The number of piperidine rings is 1. The van der Waals surface area contributed by atoms with Gasteiger partial charge in [0.2, 0.25) is 0 Å². The van der Waals surface area contributed by atoms with E-state index in [2.05, 4.69) is 45.4 Å². The topological polar surface area (TPSA) is 49.0 Å². The number of hydrogen-bond acceptors (Lipinski definition) is 4. The second-order valence-electron chi connectivity index (χ2n) is 5.81. The van der Waals surface area contributed by atoms with E-state index in [1.807, 2.05) is 0 Å². The van der Waals surface area contributed by atoms with E-state index in [-0.39, 0.29) is 5.56 Å². The summed E-state index contributed by atoms with van der Waals surface area (Å²) in [6.07, 6.45) is 10.1. The van der Waals surface area contributed by atoms with Crippen LogP contribution in [0.1, 0.15) is 29.0 Å². The summed E-state index contributed by atoms with van der Waals surface area (Å²) in [5.74, 6) is 0.639. The van der Waals surface area contributed by atoms with Gasteiger partial charge in [0.1, 0.15) is 5.69 Å². The number of nitrogens with zero attached hydrogens (tertiary/aromatic N) is 2. The molecule has 0 amide bonds. The molecule has 0 saturated carbocycles. The van der Waals surface area contributed by atoms with Crippen LogP contribution in [0.4, 0.5) is 0 Å². The standard InChI is InChI=1S/C17H21N3OS/c1-13-6-11-22-16(13)3-2-14-4-9-20(10-5-14)12-15-17(21)19-8-7-18-15/h2-3,6-8,11,14H,4-5,9-10,12H2,1H3,(H,19,21)/b3-2+. The van der Waals surface area contributed by atoms with Crippen molar-refractivity contribution in [1.82, 2.24) is 14.9 Å². The monoisotopic (exact) mass is 315 g/mol. The lowest BCUT2D eigenvalue weighted by molar-refractivity contribution is 0.193. The summed E-state index contributed by atoms with van der Waals surface area (Å²) in [5.41, 5.74) is 1.90. The van der Waals surface area contributed by atoms with Crippen LogP contribution in [0.5, 0.6) is 0 Å². The molecule has 2 aromatic rings. The van der Waals surface area contributed by atoms with Crippen LogP contribution in [0.3, 0.4) is 0 Å². The smallest absolute Gasteiger partial charge is 0.270 e. The number of allylic oxidation sites excluding steroid dienone is 1. The van der Waals surface area contributed by atoms with Gasteiger partial charge in [0.05, 0.1) is 0 Å². The lowest BCUT2D eigenvalue weighted by Crippen LogP contribution is -2.34. The van der Waals surface area contributed by atoms with Crippen molar-refractivity contribution < 1.29 is 0 Å². The molecule has 0 atom stereocenters. The molecule has 5 heteroatoms. The molecule has 22 heavy (non-hydrogen) atoms. The second-order valence-corrected chi connectivity index (χ2v) is 6.75. The lowest BCUT2D eigenvalue weighted by atomic mass is 9.96. The van der Waals surface area contributed by atoms with E-state index in [1.54, 1.807) is 23.7 Å². The van der Waals surface area contributed by atoms with Gasteiger partial charge in [0.15, 0.2) is 0 Å². The van der Waals surface area contributed by atoms with Crippen molar-refractivity contribution in [3.05, 3.63) is 56.4 Å². The van der Waals surface area contributed by atoms with E-state index in [0.29, 0.717) is 18.2 Å². The molecular weight excluding hydrogens is 294 g/mol. The molecule has 0 bridgehead atoms. The summed E-state index contributed by atoms with van der Waals surface area (Å²) in [4.78, 5) is 22.2. The third-order valence-corrected chi connectivity index (χ3v) is 5.19. The molecule has 1 aliphatic heterocycles. The SMILES string of the molecule is Cc1ccsc1/C=C/C1CCN(Cc2ncc[nH]c2=O)CC1. The third-order valence-electron chi connectivity index (χ3n) is 4.21. The van der Waals surface area contributed by atoms with Crippen LogP contribution in [0.25, 0.3) is 6.08 Å². The van der Waals surface area contributed by atoms with Crippen LogP contribution >= 0.6 is 11.3 Å². The third kappa shape index (κ3) is 3.72. The van der Waals surface area contributed by atoms with E-state index < -0.39 is 0 Å². The zero-order valence-corrected chi connectivity index (χ0v) is 13.6. The van der Waals surface area contributed by atoms with Crippen molar-refractivity contribution in [3.8, 4) is 0 Å². The molecule has 0 aliphatic carbocycles. The first-order valence-electron chi connectivity index (χ1n) is 7.69. The van der Waals surface area contributed by atoms with Gasteiger partial charge in [-0.05, 0) is 61.9 Å². The summed E-state index contributed by atoms with van der Waals surface area (Å²) in [6.45, 7) is 4.85. The average Bonchev–Trinajstić information content (AvgIpc) is 2.94. The molecule has 3 heterocycles.